The van der Waals surface area contributed by atoms with Gasteiger partial charge in [0.1, 0.15) is 5.78 Å². The SMILES string of the molecule is C=C(C)CC(=O)CCCCc1ccccc1. The van der Waals surface area contributed by atoms with Crippen molar-refractivity contribution in [2.75, 3.05) is 0 Å². The van der Waals surface area contributed by atoms with E-state index in [2.05, 4.69) is 30.8 Å². The number of hydrogen-bond donors (Lipinski definition) is 0. The lowest BCUT2D eigenvalue weighted by Gasteiger charge is -2.01. The largest absolute Gasteiger partial charge is 0.299 e. The fourth-order valence-corrected chi connectivity index (χ4v) is 1.72. The zero-order chi connectivity index (χ0) is 11.8. The topological polar surface area (TPSA) is 17.1 Å². The smallest absolute Gasteiger partial charge is 0.136 e. The second-order valence-corrected chi connectivity index (χ2v) is 4.37. The van der Waals surface area contributed by atoms with E-state index in [-0.39, 0.29) is 0 Å². The van der Waals surface area contributed by atoms with Crippen LogP contribution >= 0.6 is 0 Å². The molecule has 1 aromatic carbocycles. The number of carbonyl (C=O) groups excluding carboxylic acids is 1. The third kappa shape index (κ3) is 5.50. The first-order valence-corrected chi connectivity index (χ1v) is 5.88. The predicted molar refractivity (Wildman–Crippen MR) is 68.4 cm³/mol. The lowest BCUT2D eigenvalue weighted by molar-refractivity contribution is -0.118. The van der Waals surface area contributed by atoms with Gasteiger partial charge in [0.2, 0.25) is 0 Å². The zero-order valence-electron chi connectivity index (χ0n) is 10.0. The molecule has 0 spiro atoms. The van der Waals surface area contributed by atoms with Crippen molar-refractivity contribution in [2.24, 2.45) is 0 Å². The number of rotatable bonds is 7. The fourth-order valence-electron chi connectivity index (χ4n) is 1.72. The summed E-state index contributed by atoms with van der Waals surface area (Å²) in [5.41, 5.74) is 2.32. The van der Waals surface area contributed by atoms with Crippen LogP contribution in [0.25, 0.3) is 0 Å². The lowest BCUT2D eigenvalue weighted by atomic mass is 10.0. The summed E-state index contributed by atoms with van der Waals surface area (Å²) in [6, 6.07) is 10.4. The Bertz CT molecular complexity index is 338. The monoisotopic (exact) mass is 216 g/mol. The van der Waals surface area contributed by atoms with Gasteiger partial charge >= 0.3 is 0 Å². The summed E-state index contributed by atoms with van der Waals surface area (Å²) in [4.78, 5) is 11.4. The molecule has 0 bridgehead atoms. The van der Waals surface area contributed by atoms with Crippen LogP contribution in [0.1, 0.15) is 38.2 Å². The molecular formula is C15H20O. The molecule has 0 N–H and O–H groups in total. The van der Waals surface area contributed by atoms with Crippen molar-refractivity contribution in [1.82, 2.24) is 0 Å². The van der Waals surface area contributed by atoms with E-state index in [1.807, 2.05) is 13.0 Å². The van der Waals surface area contributed by atoms with Crippen LogP contribution in [0.5, 0.6) is 0 Å². The van der Waals surface area contributed by atoms with Crippen LogP contribution in [0.15, 0.2) is 42.5 Å². The van der Waals surface area contributed by atoms with Crippen LogP contribution < -0.4 is 0 Å². The molecule has 1 aromatic rings. The maximum atomic E-state index is 11.4. The Balaban J connectivity index is 2.13. The number of unbranched alkanes of at least 4 members (excludes halogenated alkanes) is 1. The zero-order valence-corrected chi connectivity index (χ0v) is 10.0. The average Bonchev–Trinajstić information content (AvgIpc) is 2.25. The molecule has 0 saturated heterocycles. The van der Waals surface area contributed by atoms with Gasteiger partial charge in [-0.15, -0.1) is 0 Å². The Morgan fingerprint density at radius 3 is 2.50 bits per heavy atom. The number of benzene rings is 1. The molecule has 0 aliphatic heterocycles. The normalized spacial score (nSPS) is 10.1. The van der Waals surface area contributed by atoms with Crippen molar-refractivity contribution in [2.45, 2.75) is 39.0 Å². The second-order valence-electron chi connectivity index (χ2n) is 4.37. The molecule has 0 amide bonds. The molecule has 1 heteroatoms. The van der Waals surface area contributed by atoms with Crippen molar-refractivity contribution >= 4 is 5.78 Å². The van der Waals surface area contributed by atoms with Gasteiger partial charge < -0.3 is 0 Å². The van der Waals surface area contributed by atoms with E-state index in [1.54, 1.807) is 0 Å². The van der Waals surface area contributed by atoms with E-state index in [0.29, 0.717) is 18.6 Å². The van der Waals surface area contributed by atoms with E-state index in [4.69, 9.17) is 0 Å². The van der Waals surface area contributed by atoms with E-state index >= 15 is 0 Å². The summed E-state index contributed by atoms with van der Waals surface area (Å²) in [5, 5.41) is 0. The van der Waals surface area contributed by atoms with Gasteiger partial charge in [0.15, 0.2) is 0 Å². The van der Waals surface area contributed by atoms with Crippen LogP contribution in [0, 0.1) is 0 Å². The molecule has 0 fully saturated rings. The second kappa shape index (κ2) is 7.00. The first kappa shape index (κ1) is 12.7. The van der Waals surface area contributed by atoms with Gasteiger partial charge in [0, 0.05) is 12.8 Å². The highest BCUT2D eigenvalue weighted by atomic mass is 16.1. The van der Waals surface area contributed by atoms with Crippen LogP contribution in [0.3, 0.4) is 0 Å². The number of allylic oxidation sites excluding steroid dienone is 1. The Morgan fingerprint density at radius 1 is 1.19 bits per heavy atom. The van der Waals surface area contributed by atoms with Gasteiger partial charge in [-0.05, 0) is 31.7 Å². The molecule has 0 radical (unpaired) electrons. The maximum absolute atomic E-state index is 11.4. The third-order valence-corrected chi connectivity index (χ3v) is 2.51. The number of carbonyl (C=O) groups is 1. The van der Waals surface area contributed by atoms with Gasteiger partial charge in [-0.3, -0.25) is 4.79 Å². The minimum absolute atomic E-state index is 0.320. The Labute approximate surface area is 98.2 Å². The van der Waals surface area contributed by atoms with E-state index in [0.717, 1.165) is 24.8 Å². The maximum Gasteiger partial charge on any atom is 0.136 e. The Hall–Kier alpha value is -1.37. The first-order valence-electron chi connectivity index (χ1n) is 5.88. The molecule has 16 heavy (non-hydrogen) atoms. The highest BCUT2D eigenvalue weighted by molar-refractivity contribution is 5.80. The molecule has 0 aliphatic carbocycles. The van der Waals surface area contributed by atoms with Crippen LogP contribution in [-0.4, -0.2) is 5.78 Å². The molecule has 1 rings (SSSR count). The summed E-state index contributed by atoms with van der Waals surface area (Å²) in [7, 11) is 0. The minimum atomic E-state index is 0.320. The molecule has 86 valence electrons. The van der Waals surface area contributed by atoms with Crippen molar-refractivity contribution in [1.29, 1.82) is 0 Å². The molecular weight excluding hydrogens is 196 g/mol. The van der Waals surface area contributed by atoms with Gasteiger partial charge in [-0.1, -0.05) is 42.5 Å². The van der Waals surface area contributed by atoms with Gasteiger partial charge in [-0.25, -0.2) is 0 Å². The molecule has 0 atom stereocenters. The van der Waals surface area contributed by atoms with Crippen molar-refractivity contribution in [3.05, 3.63) is 48.0 Å². The molecule has 0 aliphatic rings. The lowest BCUT2D eigenvalue weighted by Crippen LogP contribution is -1.98. The van der Waals surface area contributed by atoms with Crippen LogP contribution in [-0.2, 0) is 11.2 Å². The van der Waals surface area contributed by atoms with E-state index in [1.165, 1.54) is 5.56 Å². The van der Waals surface area contributed by atoms with Gasteiger partial charge in [0.25, 0.3) is 0 Å². The molecule has 0 unspecified atom stereocenters. The number of aryl methyl sites for hydroxylation is 1. The Kier molecular flexibility index (Phi) is 5.55. The summed E-state index contributed by atoms with van der Waals surface area (Å²) in [5.74, 6) is 0.320. The summed E-state index contributed by atoms with van der Waals surface area (Å²) >= 11 is 0. The van der Waals surface area contributed by atoms with E-state index in [9.17, 15) is 4.79 Å². The first-order chi connectivity index (χ1) is 7.68. The summed E-state index contributed by atoms with van der Waals surface area (Å²) in [6.45, 7) is 5.65. The summed E-state index contributed by atoms with van der Waals surface area (Å²) in [6.07, 6.45) is 4.39. The van der Waals surface area contributed by atoms with Gasteiger partial charge in [-0.2, -0.15) is 0 Å². The molecule has 0 aromatic heterocycles. The van der Waals surface area contributed by atoms with Crippen molar-refractivity contribution in [3.8, 4) is 0 Å². The average molecular weight is 216 g/mol. The third-order valence-electron chi connectivity index (χ3n) is 2.51. The number of ketones is 1. The van der Waals surface area contributed by atoms with Crippen LogP contribution in [0.2, 0.25) is 0 Å². The van der Waals surface area contributed by atoms with Gasteiger partial charge in [0.05, 0.1) is 0 Å². The van der Waals surface area contributed by atoms with Crippen molar-refractivity contribution in [3.63, 3.8) is 0 Å². The number of hydrogen-bond acceptors (Lipinski definition) is 1. The molecule has 0 heterocycles. The number of Topliss-reactive ketones (excluding diaryl/α,β-unsaturated/α-hetero) is 1. The minimum Gasteiger partial charge on any atom is -0.299 e. The molecule has 1 nitrogen and oxygen atoms in total. The molecule has 0 saturated carbocycles. The fraction of sp³-hybridized carbons (Fsp3) is 0.400. The van der Waals surface area contributed by atoms with Crippen molar-refractivity contribution < 1.29 is 4.79 Å². The Morgan fingerprint density at radius 2 is 1.88 bits per heavy atom. The summed E-state index contributed by atoms with van der Waals surface area (Å²) < 4.78 is 0. The van der Waals surface area contributed by atoms with Crippen LogP contribution in [0.4, 0.5) is 0 Å². The highest BCUT2D eigenvalue weighted by Gasteiger charge is 2.01. The highest BCUT2D eigenvalue weighted by Crippen LogP contribution is 2.08. The standard InChI is InChI=1S/C15H20O/c1-13(2)12-15(16)11-7-6-10-14-8-4-3-5-9-14/h3-5,8-9H,1,6-7,10-12H2,2H3. The quantitative estimate of drug-likeness (QED) is 0.498. The van der Waals surface area contributed by atoms with E-state index < -0.39 is 0 Å². The predicted octanol–water partition coefficient (Wildman–Crippen LogP) is 3.93.